The molecule has 7 heteroatoms. The zero-order valence-corrected chi connectivity index (χ0v) is 40.2. The van der Waals surface area contributed by atoms with Gasteiger partial charge in [0.1, 0.15) is 0 Å². The molecule has 0 spiro atoms. The molecule has 0 radical (unpaired) electrons. The van der Waals surface area contributed by atoms with E-state index in [9.17, 15) is 0 Å². The number of hydrogen-bond donors (Lipinski definition) is 0. The van der Waals surface area contributed by atoms with Gasteiger partial charge in [0.2, 0.25) is 0 Å². The monoisotopic (exact) mass is 843 g/mol. The van der Waals surface area contributed by atoms with Crippen LogP contribution >= 0.6 is 0 Å². The normalized spacial score (nSPS) is 13.4. The molecule has 0 N–H and O–H groups in total. The summed E-state index contributed by atoms with van der Waals surface area (Å²) in [4.78, 5) is 0. The van der Waals surface area contributed by atoms with Gasteiger partial charge in [-0.25, -0.2) is 0 Å². The number of rotatable bonds is 7. The topological polar surface area (TPSA) is 0 Å². The molecule has 0 heterocycles. The summed E-state index contributed by atoms with van der Waals surface area (Å²) in [6, 6.07) is 30.9. The first-order valence-corrected chi connectivity index (χ1v) is 32.8. The van der Waals surface area contributed by atoms with Crippen molar-refractivity contribution in [2.24, 2.45) is 0 Å². The molecule has 0 saturated heterocycles. The number of benzene rings is 4. The van der Waals surface area contributed by atoms with Crippen molar-refractivity contribution < 1.29 is 49.0 Å². The van der Waals surface area contributed by atoms with Crippen molar-refractivity contribution in [2.45, 2.75) is 85.0 Å². The zero-order chi connectivity index (χ0) is 35.2. The van der Waals surface area contributed by atoms with Crippen LogP contribution < -0.4 is 45.6 Å². The van der Waals surface area contributed by atoms with E-state index in [0.717, 1.165) is 6.42 Å². The standard InChI is InChI=1S/C30H45Si4.C13H10.2ClH.Zr/c1-31(2,3)24-19-15-18-22-20-23-25(21-16-13-14-17-21)28(32(4,5)6)30(34(10,11)12)29(33(7,8)9)27(23)26(22)24;1-3-7-12(8-4-1)11-13-9-5-2-6-10-13;;;/h13-16,18-20H,17H2,1-12H3;1-10H;2*1H;/q-1;;;;+2/p-2. The van der Waals surface area contributed by atoms with Gasteiger partial charge in [0, 0.05) is 0 Å². The van der Waals surface area contributed by atoms with Crippen LogP contribution in [-0.4, -0.2) is 35.5 Å². The molecule has 1 aliphatic rings. The van der Waals surface area contributed by atoms with Crippen molar-refractivity contribution in [1.82, 2.24) is 0 Å². The van der Waals surface area contributed by atoms with Crippen molar-refractivity contribution in [3.8, 4) is 0 Å². The molecule has 6 rings (SSSR count). The third-order valence-electron chi connectivity index (χ3n) is 9.46. The molecule has 0 aromatic heterocycles. The average molecular weight is 846 g/mol. The number of allylic oxidation sites excluding steroid dienone is 4. The van der Waals surface area contributed by atoms with E-state index in [1.807, 2.05) is 5.19 Å². The summed E-state index contributed by atoms with van der Waals surface area (Å²) in [5.74, 6) is 0. The van der Waals surface area contributed by atoms with Gasteiger partial charge in [-0.1, -0.05) is 141 Å². The summed E-state index contributed by atoms with van der Waals surface area (Å²) in [6.07, 6.45) is 8.13. The summed E-state index contributed by atoms with van der Waals surface area (Å²) in [5, 5.41) is 13.3. The molecule has 5 aromatic carbocycles. The predicted molar refractivity (Wildman–Crippen MR) is 227 cm³/mol. The Morgan fingerprint density at radius 1 is 0.560 bits per heavy atom. The second-order valence-electron chi connectivity index (χ2n) is 17.6. The Morgan fingerprint density at radius 2 is 1.06 bits per heavy atom. The van der Waals surface area contributed by atoms with E-state index in [4.69, 9.17) is 0 Å². The van der Waals surface area contributed by atoms with Crippen molar-refractivity contribution in [1.29, 1.82) is 0 Å². The van der Waals surface area contributed by atoms with Gasteiger partial charge in [-0.15, -0.1) is 33.7 Å². The van der Waals surface area contributed by atoms with E-state index >= 15 is 0 Å². The van der Waals surface area contributed by atoms with E-state index in [-0.39, 0.29) is 24.8 Å². The Labute approximate surface area is 334 Å². The van der Waals surface area contributed by atoms with Crippen molar-refractivity contribution in [2.75, 3.05) is 0 Å². The number of hydrogen-bond acceptors (Lipinski definition) is 0. The Bertz CT molecular complexity index is 1990. The van der Waals surface area contributed by atoms with E-state index in [2.05, 4.69) is 182 Å². The minimum atomic E-state index is -1.65. The molecule has 0 atom stereocenters. The van der Waals surface area contributed by atoms with Crippen LogP contribution in [0.15, 0.2) is 103 Å². The molecule has 0 saturated carbocycles. The van der Waals surface area contributed by atoms with Crippen molar-refractivity contribution >= 4 is 83.4 Å². The van der Waals surface area contributed by atoms with Gasteiger partial charge in [0.25, 0.3) is 0 Å². The molecule has 0 bridgehead atoms. The first kappa shape index (κ1) is 42.8. The van der Waals surface area contributed by atoms with Crippen LogP contribution in [0.4, 0.5) is 0 Å². The molecular weight excluding hydrogens is 791 g/mol. The van der Waals surface area contributed by atoms with Gasteiger partial charge in [0.05, 0.1) is 32.3 Å². The van der Waals surface area contributed by atoms with Crippen LogP contribution in [-0.2, 0) is 24.2 Å². The third-order valence-corrected chi connectivity index (χ3v) is 19.4. The van der Waals surface area contributed by atoms with Gasteiger partial charge in [-0.2, -0.15) is 0 Å². The van der Waals surface area contributed by atoms with Crippen LogP contribution in [0.2, 0.25) is 78.6 Å². The Morgan fingerprint density at radius 3 is 1.48 bits per heavy atom. The molecule has 0 unspecified atom stereocenters. The maximum absolute atomic E-state index is 2.61. The molecule has 0 nitrogen and oxygen atoms in total. The average Bonchev–Trinajstić information content (AvgIpc) is 3.67. The maximum atomic E-state index is 2.61. The third kappa shape index (κ3) is 8.96. The number of fused-ring (bicyclic) bond motifs is 3. The van der Waals surface area contributed by atoms with E-state index < -0.39 is 32.3 Å². The van der Waals surface area contributed by atoms with Gasteiger partial charge in [0.15, 0.2) is 0 Å². The Hall–Kier alpha value is -1.57. The first-order valence-electron chi connectivity index (χ1n) is 17.6. The van der Waals surface area contributed by atoms with Gasteiger partial charge in [-0.05, 0) is 6.42 Å². The summed E-state index contributed by atoms with van der Waals surface area (Å²) < 4.78 is 1.42. The molecule has 0 amide bonds. The molecule has 1 aliphatic carbocycles. The Balaban J connectivity index is 0.000000355. The molecular formula is C43H55Cl2Si4Zr-. The molecule has 0 aliphatic heterocycles. The second kappa shape index (κ2) is 16.2. The van der Waals surface area contributed by atoms with Crippen molar-refractivity contribution in [3.63, 3.8) is 0 Å². The molecule has 262 valence electrons. The Kier molecular flexibility index (Phi) is 13.9. The summed E-state index contributed by atoms with van der Waals surface area (Å²) >= 11 is 1.46. The summed E-state index contributed by atoms with van der Waals surface area (Å²) in [7, 11) is -6.43. The second-order valence-corrected chi connectivity index (χ2v) is 38.9. The molecule has 0 fully saturated rings. The fourth-order valence-corrected chi connectivity index (χ4v) is 20.1. The van der Waals surface area contributed by atoms with Gasteiger partial charge < -0.3 is 24.8 Å². The SMILES string of the molecule is C[Si](C)(C)c1c([Si](C)(C)C)c([Si](C)(C)C)c2c([cH-]c3cccc([Si](C)(C)C)c32)c1C1=CC=CC1.[Cl-].[Cl-].[Zr+2]=[C](c1ccccc1)c1ccccc1. The van der Waals surface area contributed by atoms with E-state index in [1.165, 1.54) is 44.0 Å². The van der Waals surface area contributed by atoms with Crippen LogP contribution in [0.3, 0.4) is 0 Å². The molecule has 50 heavy (non-hydrogen) atoms. The molecule has 5 aromatic rings. The number of halogens is 2. The minimum absolute atomic E-state index is 0. The fourth-order valence-electron chi connectivity index (χ4n) is 7.52. The van der Waals surface area contributed by atoms with E-state index in [1.54, 1.807) is 42.9 Å². The van der Waals surface area contributed by atoms with Gasteiger partial charge in [-0.3, -0.25) is 0 Å². The van der Waals surface area contributed by atoms with Crippen molar-refractivity contribution in [3.05, 3.63) is 120 Å². The summed E-state index contributed by atoms with van der Waals surface area (Å²) in [5.41, 5.74) is 5.83. The predicted octanol–water partition coefficient (Wildman–Crippen LogP) is 4.05. The van der Waals surface area contributed by atoms with Gasteiger partial charge >= 0.3 is 99.2 Å². The van der Waals surface area contributed by atoms with Crippen LogP contribution in [0, 0.1) is 0 Å². The fraction of sp³-hybridized carbons (Fsp3) is 0.302. The van der Waals surface area contributed by atoms with E-state index in [0.29, 0.717) is 0 Å². The first-order chi connectivity index (χ1) is 22.3. The summed E-state index contributed by atoms with van der Waals surface area (Å²) in [6.45, 7) is 31.0. The van der Waals surface area contributed by atoms with Crippen LogP contribution in [0.25, 0.3) is 27.1 Å². The quantitative estimate of drug-likeness (QED) is 0.172. The van der Waals surface area contributed by atoms with Crippen LogP contribution in [0.5, 0.6) is 0 Å². The van der Waals surface area contributed by atoms with Crippen LogP contribution in [0.1, 0.15) is 23.1 Å². The zero-order valence-electron chi connectivity index (χ0n) is 32.3.